The van der Waals surface area contributed by atoms with Crippen LogP contribution in [0.2, 0.25) is 0 Å². The summed E-state index contributed by atoms with van der Waals surface area (Å²) in [4.78, 5) is 12.6. The van der Waals surface area contributed by atoms with E-state index in [9.17, 15) is 13.2 Å². The molecule has 1 saturated heterocycles. The van der Waals surface area contributed by atoms with E-state index in [-0.39, 0.29) is 16.4 Å². The van der Waals surface area contributed by atoms with E-state index in [2.05, 4.69) is 21.2 Å². The molecule has 0 aliphatic carbocycles. The van der Waals surface area contributed by atoms with Crippen molar-refractivity contribution in [3.63, 3.8) is 0 Å². The highest BCUT2D eigenvalue weighted by Gasteiger charge is 2.26. The van der Waals surface area contributed by atoms with Crippen molar-refractivity contribution in [1.82, 2.24) is 4.31 Å². The molecule has 0 unspecified atom stereocenters. The SMILES string of the molecule is Cc1ccc(NC(=O)c2cccc(S(=O)(=O)N3CCOCC3)c2)cc1Br. The van der Waals surface area contributed by atoms with Crippen LogP contribution in [-0.2, 0) is 14.8 Å². The molecular formula is C18H19BrN2O4S. The van der Waals surface area contributed by atoms with Gasteiger partial charge in [-0.15, -0.1) is 0 Å². The second-order valence-electron chi connectivity index (χ2n) is 5.96. The van der Waals surface area contributed by atoms with E-state index in [1.807, 2.05) is 19.1 Å². The van der Waals surface area contributed by atoms with Crippen LogP contribution in [0.3, 0.4) is 0 Å². The molecule has 1 heterocycles. The standard InChI is InChI=1S/C18H19BrN2O4S/c1-13-5-6-15(12-17(13)19)20-18(22)14-3-2-4-16(11-14)26(23,24)21-7-9-25-10-8-21/h2-6,11-12H,7-10H2,1H3,(H,20,22). The fraction of sp³-hybridized carbons (Fsp3) is 0.278. The topological polar surface area (TPSA) is 75.7 Å². The molecule has 3 rings (SSSR count). The molecule has 0 radical (unpaired) electrons. The van der Waals surface area contributed by atoms with E-state index in [0.29, 0.717) is 32.0 Å². The van der Waals surface area contributed by atoms with Crippen LogP contribution in [-0.4, -0.2) is 44.9 Å². The van der Waals surface area contributed by atoms with Crippen LogP contribution in [0, 0.1) is 6.92 Å². The van der Waals surface area contributed by atoms with Gasteiger partial charge in [-0.25, -0.2) is 8.42 Å². The van der Waals surface area contributed by atoms with E-state index in [4.69, 9.17) is 4.74 Å². The molecule has 0 saturated carbocycles. The van der Waals surface area contributed by atoms with Crippen molar-refractivity contribution in [2.24, 2.45) is 0 Å². The van der Waals surface area contributed by atoms with Crippen molar-refractivity contribution in [3.8, 4) is 0 Å². The summed E-state index contributed by atoms with van der Waals surface area (Å²) in [5.74, 6) is -0.361. The van der Waals surface area contributed by atoms with Crippen LogP contribution >= 0.6 is 15.9 Å². The number of sulfonamides is 1. The minimum Gasteiger partial charge on any atom is -0.379 e. The number of nitrogens with zero attached hydrogens (tertiary/aromatic N) is 1. The third-order valence-corrected chi connectivity index (χ3v) is 6.88. The zero-order chi connectivity index (χ0) is 18.7. The minimum atomic E-state index is -3.64. The summed E-state index contributed by atoms with van der Waals surface area (Å²) < 4.78 is 32.9. The summed E-state index contributed by atoms with van der Waals surface area (Å²) in [5, 5.41) is 2.79. The highest BCUT2D eigenvalue weighted by atomic mass is 79.9. The molecule has 8 heteroatoms. The number of aryl methyl sites for hydroxylation is 1. The van der Waals surface area contributed by atoms with E-state index >= 15 is 0 Å². The summed E-state index contributed by atoms with van der Waals surface area (Å²) in [6.07, 6.45) is 0. The van der Waals surface area contributed by atoms with Gasteiger partial charge in [0.1, 0.15) is 0 Å². The number of benzene rings is 2. The maximum absolute atomic E-state index is 12.7. The highest BCUT2D eigenvalue weighted by Crippen LogP contribution is 2.22. The van der Waals surface area contributed by atoms with Crippen molar-refractivity contribution >= 4 is 37.5 Å². The predicted molar refractivity (Wildman–Crippen MR) is 103 cm³/mol. The van der Waals surface area contributed by atoms with Crippen LogP contribution in [0.1, 0.15) is 15.9 Å². The van der Waals surface area contributed by atoms with Crippen LogP contribution < -0.4 is 5.32 Å². The number of hydrogen-bond donors (Lipinski definition) is 1. The maximum Gasteiger partial charge on any atom is 0.255 e. The molecule has 1 fully saturated rings. The molecule has 26 heavy (non-hydrogen) atoms. The van der Waals surface area contributed by atoms with Crippen LogP contribution in [0.4, 0.5) is 5.69 Å². The average Bonchev–Trinajstić information content (AvgIpc) is 2.65. The number of rotatable bonds is 4. The number of carbonyl (C=O) groups excluding carboxylic acids is 1. The predicted octanol–water partition coefficient (Wildman–Crippen LogP) is 3.03. The smallest absolute Gasteiger partial charge is 0.255 e. The molecular weight excluding hydrogens is 420 g/mol. The third-order valence-electron chi connectivity index (χ3n) is 4.13. The van der Waals surface area contributed by atoms with Crippen molar-refractivity contribution in [1.29, 1.82) is 0 Å². The van der Waals surface area contributed by atoms with Crippen molar-refractivity contribution < 1.29 is 17.9 Å². The van der Waals surface area contributed by atoms with Crippen molar-refractivity contribution in [2.75, 3.05) is 31.6 Å². The molecule has 1 aliphatic rings. The van der Waals surface area contributed by atoms with E-state index in [1.165, 1.54) is 16.4 Å². The van der Waals surface area contributed by atoms with Gasteiger partial charge >= 0.3 is 0 Å². The lowest BCUT2D eigenvalue weighted by Gasteiger charge is -2.26. The van der Waals surface area contributed by atoms with Gasteiger partial charge in [-0.05, 0) is 42.8 Å². The number of amides is 1. The zero-order valence-corrected chi connectivity index (χ0v) is 16.6. The third kappa shape index (κ3) is 4.15. The van der Waals surface area contributed by atoms with Gasteiger partial charge in [0.15, 0.2) is 0 Å². The van der Waals surface area contributed by atoms with Crippen LogP contribution in [0.15, 0.2) is 51.8 Å². The molecule has 0 aromatic heterocycles. The largest absolute Gasteiger partial charge is 0.379 e. The molecule has 0 bridgehead atoms. The zero-order valence-electron chi connectivity index (χ0n) is 14.2. The Morgan fingerprint density at radius 1 is 1.15 bits per heavy atom. The normalized spacial score (nSPS) is 15.6. The number of halogens is 1. The molecule has 1 aliphatic heterocycles. The monoisotopic (exact) mass is 438 g/mol. The fourth-order valence-corrected chi connectivity index (χ4v) is 4.44. The first kappa shape index (κ1) is 19.0. The quantitative estimate of drug-likeness (QED) is 0.795. The summed E-state index contributed by atoms with van der Waals surface area (Å²) in [6, 6.07) is 11.6. The van der Waals surface area contributed by atoms with Gasteiger partial charge in [0.25, 0.3) is 5.91 Å². The molecule has 6 nitrogen and oxygen atoms in total. The summed E-state index contributed by atoms with van der Waals surface area (Å²) >= 11 is 3.43. The van der Waals surface area contributed by atoms with Gasteiger partial charge in [-0.1, -0.05) is 28.1 Å². The Balaban J connectivity index is 1.82. The minimum absolute atomic E-state index is 0.108. The number of morpholine rings is 1. The van der Waals surface area contributed by atoms with Gasteiger partial charge in [-0.2, -0.15) is 4.31 Å². The average molecular weight is 439 g/mol. The van der Waals surface area contributed by atoms with E-state index < -0.39 is 10.0 Å². The second kappa shape index (κ2) is 7.87. The molecule has 2 aromatic rings. The first-order valence-corrected chi connectivity index (χ1v) is 10.4. The molecule has 0 spiro atoms. The van der Waals surface area contributed by atoms with Crippen LogP contribution in [0.5, 0.6) is 0 Å². The molecule has 1 amide bonds. The Labute approximate surface area is 161 Å². The lowest BCUT2D eigenvalue weighted by Crippen LogP contribution is -2.40. The maximum atomic E-state index is 12.7. The Kier molecular flexibility index (Phi) is 5.76. The lowest BCUT2D eigenvalue weighted by molar-refractivity contribution is 0.0730. The Morgan fingerprint density at radius 3 is 2.58 bits per heavy atom. The van der Waals surface area contributed by atoms with Gasteiger partial charge in [0, 0.05) is 28.8 Å². The number of anilines is 1. The van der Waals surface area contributed by atoms with E-state index in [1.54, 1.807) is 18.2 Å². The number of carbonyl (C=O) groups is 1. The van der Waals surface area contributed by atoms with E-state index in [0.717, 1.165) is 10.0 Å². The van der Waals surface area contributed by atoms with Crippen molar-refractivity contribution in [2.45, 2.75) is 11.8 Å². The lowest BCUT2D eigenvalue weighted by atomic mass is 10.2. The fourth-order valence-electron chi connectivity index (χ4n) is 2.61. The molecule has 0 atom stereocenters. The summed E-state index contributed by atoms with van der Waals surface area (Å²) in [7, 11) is -3.64. The van der Waals surface area contributed by atoms with Crippen LogP contribution in [0.25, 0.3) is 0 Å². The first-order valence-electron chi connectivity index (χ1n) is 8.13. The van der Waals surface area contributed by atoms with Gasteiger partial charge < -0.3 is 10.1 Å². The highest BCUT2D eigenvalue weighted by molar-refractivity contribution is 9.10. The number of nitrogens with one attached hydrogen (secondary N) is 1. The Morgan fingerprint density at radius 2 is 1.88 bits per heavy atom. The summed E-state index contributed by atoms with van der Waals surface area (Å²) in [5.41, 5.74) is 1.98. The summed E-state index contributed by atoms with van der Waals surface area (Å²) in [6.45, 7) is 3.34. The number of hydrogen-bond acceptors (Lipinski definition) is 4. The molecule has 2 aromatic carbocycles. The first-order chi connectivity index (χ1) is 12.4. The second-order valence-corrected chi connectivity index (χ2v) is 8.75. The van der Waals surface area contributed by atoms with Crippen molar-refractivity contribution in [3.05, 3.63) is 58.1 Å². The van der Waals surface area contributed by atoms with Gasteiger partial charge in [0.05, 0.1) is 18.1 Å². The Bertz CT molecular complexity index is 925. The Hall–Kier alpha value is -1.74. The van der Waals surface area contributed by atoms with Gasteiger partial charge in [-0.3, -0.25) is 4.79 Å². The molecule has 1 N–H and O–H groups in total. The number of ether oxygens (including phenoxy) is 1. The molecule has 138 valence electrons. The van der Waals surface area contributed by atoms with Gasteiger partial charge in [0.2, 0.25) is 10.0 Å².